The van der Waals surface area contributed by atoms with Gasteiger partial charge in [-0.25, -0.2) is 0 Å². The fraction of sp³-hybridized carbons (Fsp3) is 0.698. The number of aliphatic carboxylic acids is 1. The van der Waals surface area contributed by atoms with E-state index in [4.69, 9.17) is 14.2 Å². The first-order valence-electron chi connectivity index (χ1n) is 19.8. The van der Waals surface area contributed by atoms with E-state index in [2.05, 4.69) is 74.6 Å². The monoisotopic (exact) mass is 716 g/mol. The molecule has 0 saturated heterocycles. The van der Waals surface area contributed by atoms with E-state index in [-0.39, 0.29) is 42.7 Å². The van der Waals surface area contributed by atoms with E-state index in [1.54, 1.807) is 21.1 Å². The zero-order valence-electron chi connectivity index (χ0n) is 33.0. The minimum atomic E-state index is -1.13. The number of nitrogens with zero attached hydrogens (tertiary/aromatic N) is 1. The second kappa shape index (κ2) is 34.1. The van der Waals surface area contributed by atoms with Gasteiger partial charge in [-0.2, -0.15) is 0 Å². The summed E-state index contributed by atoms with van der Waals surface area (Å²) >= 11 is 0. The Hall–Kier alpha value is -2.97. The number of rotatable bonds is 34. The predicted octanol–water partition coefficient (Wildman–Crippen LogP) is 8.91. The average Bonchev–Trinajstić information content (AvgIpc) is 3.08. The summed E-state index contributed by atoms with van der Waals surface area (Å²) in [6, 6.07) is -0.733. The predicted molar refractivity (Wildman–Crippen MR) is 208 cm³/mol. The fourth-order valence-electron chi connectivity index (χ4n) is 5.30. The molecule has 0 aliphatic carbocycles. The quantitative estimate of drug-likeness (QED) is 0.0216. The van der Waals surface area contributed by atoms with Crippen LogP contribution in [0.25, 0.3) is 0 Å². The van der Waals surface area contributed by atoms with Gasteiger partial charge in [-0.3, -0.25) is 9.59 Å². The molecule has 0 bridgehead atoms. The van der Waals surface area contributed by atoms with E-state index < -0.39 is 18.1 Å². The van der Waals surface area contributed by atoms with E-state index in [9.17, 15) is 19.5 Å². The summed E-state index contributed by atoms with van der Waals surface area (Å²) in [5.41, 5.74) is 0. The minimum Gasteiger partial charge on any atom is -0.544 e. The van der Waals surface area contributed by atoms with Crippen LogP contribution in [0.5, 0.6) is 0 Å². The molecule has 0 radical (unpaired) electrons. The number of allylic oxidation sites excluding steroid dienone is 10. The highest BCUT2D eigenvalue weighted by Gasteiger charge is 2.25. The van der Waals surface area contributed by atoms with Crippen molar-refractivity contribution in [2.24, 2.45) is 0 Å². The molecule has 0 aromatic heterocycles. The van der Waals surface area contributed by atoms with Crippen molar-refractivity contribution in [1.29, 1.82) is 0 Å². The highest BCUT2D eigenvalue weighted by molar-refractivity contribution is 5.70. The third kappa shape index (κ3) is 32.7. The van der Waals surface area contributed by atoms with Crippen molar-refractivity contribution in [1.82, 2.24) is 0 Å². The number of likely N-dealkylation sites (N-methyl/N-ethyl adjacent to an activating group) is 1. The summed E-state index contributed by atoms with van der Waals surface area (Å²) in [5, 5.41) is 11.6. The van der Waals surface area contributed by atoms with Crippen LogP contribution in [0, 0.1) is 0 Å². The normalized spacial score (nSPS) is 13.7. The van der Waals surface area contributed by atoms with E-state index in [1.165, 1.54) is 25.7 Å². The first-order chi connectivity index (χ1) is 24.6. The lowest BCUT2D eigenvalue weighted by Gasteiger charge is -2.34. The summed E-state index contributed by atoms with van der Waals surface area (Å²) in [4.78, 5) is 36.7. The molecule has 2 unspecified atom stereocenters. The van der Waals surface area contributed by atoms with Crippen LogP contribution in [0.2, 0.25) is 0 Å². The van der Waals surface area contributed by atoms with Gasteiger partial charge in [0, 0.05) is 19.3 Å². The Morgan fingerprint density at radius 1 is 0.627 bits per heavy atom. The molecule has 0 N–H and O–H groups in total. The van der Waals surface area contributed by atoms with Gasteiger partial charge >= 0.3 is 11.9 Å². The van der Waals surface area contributed by atoms with Crippen LogP contribution in [-0.4, -0.2) is 75.5 Å². The minimum absolute atomic E-state index is 0.0240. The van der Waals surface area contributed by atoms with Crippen molar-refractivity contribution < 1.29 is 38.2 Å². The third-order valence-corrected chi connectivity index (χ3v) is 8.42. The first-order valence-corrected chi connectivity index (χ1v) is 19.8. The molecule has 0 rings (SSSR count). The van der Waals surface area contributed by atoms with Gasteiger partial charge in [0.1, 0.15) is 12.6 Å². The number of carboxylic acid groups (broad SMARTS) is 1. The molecular formula is C43H73NO7. The largest absolute Gasteiger partial charge is 0.544 e. The molecule has 51 heavy (non-hydrogen) atoms. The van der Waals surface area contributed by atoms with Gasteiger partial charge in [0.05, 0.1) is 40.3 Å². The summed E-state index contributed by atoms with van der Waals surface area (Å²) in [5.74, 6) is -1.80. The number of carboxylic acids is 1. The number of esters is 2. The zero-order chi connectivity index (χ0) is 37.8. The lowest BCUT2D eigenvalue weighted by molar-refractivity contribution is -0.889. The second-order valence-corrected chi connectivity index (χ2v) is 14.2. The Balaban J connectivity index is 4.46. The molecule has 0 aliphatic rings. The molecule has 8 nitrogen and oxygen atoms in total. The highest BCUT2D eigenvalue weighted by atomic mass is 16.6. The molecule has 0 heterocycles. The van der Waals surface area contributed by atoms with Crippen LogP contribution >= 0.6 is 0 Å². The number of carbonyl (C=O) groups is 3. The standard InChI is InChI=1S/C43H73NO7/c1-6-8-10-12-14-16-18-19-20-21-22-24-26-28-30-32-34-42(46)51-39(37-49-36-35-40(43(47)48)44(3,4)5)38-50-41(45)33-31-29-27-25-23-17-15-13-11-9-7-2/h8,10,13-17,19-20,23,39-40H,6-7,9,11-12,18,21-22,24-38H2,1-5H3/b10-8+,15-13+,16-14+,20-19+,23-17+. The maximum Gasteiger partial charge on any atom is 0.306 e. The van der Waals surface area contributed by atoms with Crippen LogP contribution in [0.1, 0.15) is 142 Å². The number of unbranched alkanes of at least 4 members (excludes halogenated alkanes) is 11. The van der Waals surface area contributed by atoms with Crippen molar-refractivity contribution >= 4 is 17.9 Å². The molecule has 2 atom stereocenters. The van der Waals surface area contributed by atoms with Gasteiger partial charge in [0.2, 0.25) is 0 Å². The van der Waals surface area contributed by atoms with Gasteiger partial charge in [-0.15, -0.1) is 0 Å². The van der Waals surface area contributed by atoms with Crippen LogP contribution in [0.15, 0.2) is 60.8 Å². The molecule has 0 amide bonds. The summed E-state index contributed by atoms with van der Waals surface area (Å²) < 4.78 is 17.1. The molecule has 0 aromatic carbocycles. The SMILES string of the molecule is CC/C=C/C/C=C/C/C=C/CCCCCCCCC(=O)OC(COCCC(C(=O)[O-])[N+](C)(C)C)COC(=O)CCCCC/C=C/C=C/CCCC. The summed E-state index contributed by atoms with van der Waals surface area (Å²) in [6.45, 7) is 4.43. The third-order valence-electron chi connectivity index (χ3n) is 8.42. The molecule has 292 valence electrons. The van der Waals surface area contributed by atoms with E-state index in [0.29, 0.717) is 12.8 Å². The maximum absolute atomic E-state index is 12.7. The molecular weight excluding hydrogens is 642 g/mol. The maximum atomic E-state index is 12.7. The number of ether oxygens (including phenoxy) is 3. The Labute approximate surface area is 311 Å². The summed E-state index contributed by atoms with van der Waals surface area (Å²) in [7, 11) is 5.38. The molecule has 0 fully saturated rings. The van der Waals surface area contributed by atoms with Crippen molar-refractivity contribution in [3.8, 4) is 0 Å². The van der Waals surface area contributed by atoms with Gasteiger partial charge in [-0.05, 0) is 64.2 Å². The number of hydrogen-bond acceptors (Lipinski definition) is 7. The molecule has 0 spiro atoms. The lowest BCUT2D eigenvalue weighted by Crippen LogP contribution is -2.55. The Bertz CT molecular complexity index is 1020. The molecule has 0 aliphatic heterocycles. The summed E-state index contributed by atoms with van der Waals surface area (Å²) in [6.07, 6.45) is 39.6. The number of carbonyl (C=O) groups excluding carboxylic acids is 3. The molecule has 0 aromatic rings. The average molecular weight is 716 g/mol. The van der Waals surface area contributed by atoms with Crippen molar-refractivity contribution in [3.05, 3.63) is 60.8 Å². The van der Waals surface area contributed by atoms with E-state index in [0.717, 1.165) is 83.5 Å². The molecule has 0 saturated carbocycles. The zero-order valence-corrected chi connectivity index (χ0v) is 33.0. The first kappa shape index (κ1) is 48.0. The van der Waals surface area contributed by atoms with Crippen LogP contribution < -0.4 is 5.11 Å². The molecule has 8 heteroatoms. The Morgan fingerprint density at radius 3 is 1.76 bits per heavy atom. The van der Waals surface area contributed by atoms with Crippen molar-refractivity contribution in [2.45, 2.75) is 154 Å². The fourth-order valence-corrected chi connectivity index (χ4v) is 5.30. The van der Waals surface area contributed by atoms with Crippen LogP contribution in [-0.2, 0) is 28.6 Å². The van der Waals surface area contributed by atoms with Gasteiger partial charge in [-0.1, -0.05) is 120 Å². The van der Waals surface area contributed by atoms with Gasteiger partial charge in [0.15, 0.2) is 6.10 Å². The second-order valence-electron chi connectivity index (χ2n) is 14.2. The number of quaternary nitrogens is 1. The van der Waals surface area contributed by atoms with Crippen LogP contribution in [0.4, 0.5) is 0 Å². The van der Waals surface area contributed by atoms with Gasteiger partial charge in [0.25, 0.3) is 0 Å². The topological polar surface area (TPSA) is 102 Å². The Kier molecular flexibility index (Phi) is 32.1. The number of hydrogen-bond donors (Lipinski definition) is 0. The van der Waals surface area contributed by atoms with Gasteiger partial charge < -0.3 is 28.6 Å². The van der Waals surface area contributed by atoms with Crippen LogP contribution in [0.3, 0.4) is 0 Å². The van der Waals surface area contributed by atoms with Crippen molar-refractivity contribution in [2.75, 3.05) is 41.0 Å². The van der Waals surface area contributed by atoms with Crippen molar-refractivity contribution in [3.63, 3.8) is 0 Å². The van der Waals surface area contributed by atoms with E-state index in [1.807, 2.05) is 0 Å². The van der Waals surface area contributed by atoms with E-state index >= 15 is 0 Å². The highest BCUT2D eigenvalue weighted by Crippen LogP contribution is 2.12. The smallest absolute Gasteiger partial charge is 0.306 e. The lowest BCUT2D eigenvalue weighted by atomic mass is 10.1. The Morgan fingerprint density at radius 2 is 1.16 bits per heavy atom.